The largest absolute Gasteiger partial charge is 0.384 e. The van der Waals surface area contributed by atoms with Gasteiger partial charge in [0.05, 0.1) is 0 Å². The van der Waals surface area contributed by atoms with Gasteiger partial charge in [-0.05, 0) is 23.9 Å². The average Bonchev–Trinajstić information content (AvgIpc) is 2.19. The summed E-state index contributed by atoms with van der Waals surface area (Å²) in [5, 5.41) is 1.16. The second kappa shape index (κ2) is 4.01. The molecule has 0 unspecified atom stereocenters. The van der Waals surface area contributed by atoms with Crippen LogP contribution in [0.15, 0.2) is 41.0 Å². The Morgan fingerprint density at radius 3 is 2.43 bits per heavy atom. The summed E-state index contributed by atoms with van der Waals surface area (Å²) in [6, 6.07) is 3.39. The highest BCUT2D eigenvalue weighted by atomic mass is 32.2. The van der Waals surface area contributed by atoms with Crippen molar-refractivity contribution in [3.8, 4) is 0 Å². The Labute approximate surface area is 84.8 Å². The van der Waals surface area contributed by atoms with Gasteiger partial charge < -0.3 is 5.73 Å². The number of nitrogens with zero attached hydrogens (tertiary/aromatic N) is 4. The van der Waals surface area contributed by atoms with Crippen molar-refractivity contribution in [2.45, 2.75) is 10.3 Å². The standard InChI is InChI=1S/C8H7N5S/c9-6-2-5-12-8(13-6)14-7-10-3-1-4-11-7/h1-5H,(H2,9,12,13). The fourth-order valence-corrected chi connectivity index (χ4v) is 1.48. The minimum atomic E-state index is 0.443. The maximum Gasteiger partial charge on any atom is 0.197 e. The smallest absolute Gasteiger partial charge is 0.197 e. The molecule has 0 aliphatic rings. The van der Waals surface area contributed by atoms with Crippen LogP contribution in [0.4, 0.5) is 5.82 Å². The van der Waals surface area contributed by atoms with Crippen LogP contribution in [0, 0.1) is 0 Å². The molecule has 2 rings (SSSR count). The first kappa shape index (κ1) is 8.89. The van der Waals surface area contributed by atoms with Crippen molar-refractivity contribution in [3.63, 3.8) is 0 Å². The minimum Gasteiger partial charge on any atom is -0.384 e. The van der Waals surface area contributed by atoms with Crippen molar-refractivity contribution in [2.24, 2.45) is 0 Å². The first-order chi connectivity index (χ1) is 6.84. The number of nitrogen functional groups attached to an aromatic ring is 1. The van der Waals surface area contributed by atoms with E-state index in [9.17, 15) is 0 Å². The Kier molecular flexibility index (Phi) is 2.55. The summed E-state index contributed by atoms with van der Waals surface area (Å²) >= 11 is 1.28. The van der Waals surface area contributed by atoms with Crippen LogP contribution in [0.25, 0.3) is 0 Å². The van der Waals surface area contributed by atoms with Crippen LogP contribution in [-0.4, -0.2) is 19.9 Å². The summed E-state index contributed by atoms with van der Waals surface area (Å²) in [5.41, 5.74) is 5.51. The summed E-state index contributed by atoms with van der Waals surface area (Å²) in [4.78, 5) is 16.1. The number of hydrogen-bond acceptors (Lipinski definition) is 6. The highest BCUT2D eigenvalue weighted by molar-refractivity contribution is 7.99. The number of aromatic nitrogens is 4. The van der Waals surface area contributed by atoms with Gasteiger partial charge in [-0.2, -0.15) is 0 Å². The van der Waals surface area contributed by atoms with E-state index in [-0.39, 0.29) is 0 Å². The van der Waals surface area contributed by atoms with Gasteiger partial charge in [-0.25, -0.2) is 19.9 Å². The van der Waals surface area contributed by atoms with E-state index in [1.165, 1.54) is 11.8 Å². The zero-order valence-corrected chi connectivity index (χ0v) is 7.98. The third kappa shape index (κ3) is 2.17. The van der Waals surface area contributed by atoms with Crippen LogP contribution in [0.3, 0.4) is 0 Å². The van der Waals surface area contributed by atoms with Crippen LogP contribution in [0.1, 0.15) is 0 Å². The molecule has 0 aromatic carbocycles. The number of hydrogen-bond donors (Lipinski definition) is 1. The average molecular weight is 205 g/mol. The van der Waals surface area contributed by atoms with Gasteiger partial charge in [-0.1, -0.05) is 0 Å². The van der Waals surface area contributed by atoms with Crippen LogP contribution in [0.2, 0.25) is 0 Å². The fourth-order valence-electron chi connectivity index (χ4n) is 0.823. The highest BCUT2D eigenvalue weighted by Gasteiger charge is 2.01. The van der Waals surface area contributed by atoms with E-state index in [1.807, 2.05) is 0 Å². The summed E-state index contributed by atoms with van der Waals surface area (Å²) < 4.78 is 0. The molecule has 2 heterocycles. The molecular formula is C8H7N5S. The summed E-state index contributed by atoms with van der Waals surface area (Å²) in [6.45, 7) is 0. The minimum absolute atomic E-state index is 0.443. The molecule has 0 radical (unpaired) electrons. The lowest BCUT2D eigenvalue weighted by Crippen LogP contribution is -1.93. The van der Waals surface area contributed by atoms with Crippen LogP contribution < -0.4 is 5.73 Å². The van der Waals surface area contributed by atoms with Gasteiger partial charge in [-0.3, -0.25) is 0 Å². The van der Waals surface area contributed by atoms with E-state index < -0.39 is 0 Å². The molecule has 5 nitrogen and oxygen atoms in total. The van der Waals surface area contributed by atoms with Crippen LogP contribution in [0.5, 0.6) is 0 Å². The molecule has 0 aliphatic carbocycles. The Morgan fingerprint density at radius 2 is 1.71 bits per heavy atom. The van der Waals surface area contributed by atoms with Gasteiger partial charge in [0, 0.05) is 18.6 Å². The number of anilines is 1. The number of nitrogens with two attached hydrogens (primary N) is 1. The van der Waals surface area contributed by atoms with E-state index in [1.54, 1.807) is 30.7 Å². The lowest BCUT2D eigenvalue weighted by molar-refractivity contribution is 0.931. The molecule has 0 saturated carbocycles. The predicted molar refractivity (Wildman–Crippen MR) is 52.6 cm³/mol. The van der Waals surface area contributed by atoms with Gasteiger partial charge in [-0.15, -0.1) is 0 Å². The van der Waals surface area contributed by atoms with E-state index in [2.05, 4.69) is 19.9 Å². The van der Waals surface area contributed by atoms with E-state index in [0.29, 0.717) is 16.1 Å². The van der Waals surface area contributed by atoms with Crippen molar-refractivity contribution in [3.05, 3.63) is 30.7 Å². The monoisotopic (exact) mass is 205 g/mol. The van der Waals surface area contributed by atoms with Crippen molar-refractivity contribution in [1.82, 2.24) is 19.9 Å². The van der Waals surface area contributed by atoms with Gasteiger partial charge >= 0.3 is 0 Å². The molecule has 14 heavy (non-hydrogen) atoms. The molecular weight excluding hydrogens is 198 g/mol. The normalized spacial score (nSPS) is 10.0. The molecule has 2 aromatic rings. The quantitative estimate of drug-likeness (QED) is 0.737. The van der Waals surface area contributed by atoms with Crippen molar-refractivity contribution in [2.75, 3.05) is 5.73 Å². The Morgan fingerprint density at radius 1 is 1.00 bits per heavy atom. The van der Waals surface area contributed by atoms with Crippen molar-refractivity contribution >= 4 is 17.6 Å². The lowest BCUT2D eigenvalue weighted by Gasteiger charge is -1.97. The highest BCUT2D eigenvalue weighted by Crippen LogP contribution is 2.19. The first-order valence-corrected chi connectivity index (χ1v) is 4.69. The van der Waals surface area contributed by atoms with Crippen LogP contribution >= 0.6 is 11.8 Å². The van der Waals surface area contributed by atoms with Crippen molar-refractivity contribution < 1.29 is 0 Å². The van der Waals surface area contributed by atoms with Gasteiger partial charge in [0.25, 0.3) is 0 Å². The zero-order valence-electron chi connectivity index (χ0n) is 7.16. The summed E-state index contributed by atoms with van der Waals surface area (Å²) in [5.74, 6) is 0.443. The topological polar surface area (TPSA) is 77.6 Å². The molecule has 6 heteroatoms. The summed E-state index contributed by atoms with van der Waals surface area (Å²) in [6.07, 6.45) is 4.94. The molecule has 0 spiro atoms. The molecule has 0 fully saturated rings. The Balaban J connectivity index is 2.19. The molecule has 0 saturated heterocycles. The van der Waals surface area contributed by atoms with E-state index in [4.69, 9.17) is 5.73 Å². The lowest BCUT2D eigenvalue weighted by atomic mass is 10.6. The van der Waals surface area contributed by atoms with E-state index >= 15 is 0 Å². The summed E-state index contributed by atoms with van der Waals surface area (Å²) in [7, 11) is 0. The third-order valence-corrected chi connectivity index (χ3v) is 2.15. The van der Waals surface area contributed by atoms with Gasteiger partial charge in [0.2, 0.25) is 0 Å². The van der Waals surface area contributed by atoms with Crippen LogP contribution in [-0.2, 0) is 0 Å². The van der Waals surface area contributed by atoms with Gasteiger partial charge in [0.1, 0.15) is 5.82 Å². The maximum atomic E-state index is 5.51. The second-order valence-corrected chi connectivity index (χ2v) is 3.33. The predicted octanol–water partition coefficient (Wildman–Crippen LogP) is 1.00. The Bertz CT molecular complexity index is 419. The SMILES string of the molecule is Nc1ccnc(Sc2ncccn2)n1. The van der Waals surface area contributed by atoms with Gasteiger partial charge in [0.15, 0.2) is 10.3 Å². The molecule has 0 aliphatic heterocycles. The zero-order chi connectivity index (χ0) is 9.80. The first-order valence-electron chi connectivity index (χ1n) is 3.88. The maximum absolute atomic E-state index is 5.51. The molecule has 0 amide bonds. The molecule has 70 valence electrons. The molecule has 2 N–H and O–H groups in total. The number of rotatable bonds is 2. The van der Waals surface area contributed by atoms with Crippen molar-refractivity contribution in [1.29, 1.82) is 0 Å². The van der Waals surface area contributed by atoms with E-state index in [0.717, 1.165) is 0 Å². The molecule has 0 atom stereocenters. The molecule has 0 bridgehead atoms. The second-order valence-electron chi connectivity index (χ2n) is 2.40. The Hall–Kier alpha value is -1.69. The molecule has 2 aromatic heterocycles. The third-order valence-electron chi connectivity index (χ3n) is 1.38. The fraction of sp³-hybridized carbons (Fsp3) is 0.